The van der Waals surface area contributed by atoms with Gasteiger partial charge in [-0.25, -0.2) is 29.9 Å². The van der Waals surface area contributed by atoms with Crippen LogP contribution in [0.1, 0.15) is 6.92 Å². The Bertz CT molecular complexity index is 1320. The highest BCUT2D eigenvalue weighted by atomic mass is 31.1. The Kier molecular flexibility index (Phi) is 9.37. The van der Waals surface area contributed by atoms with Crippen LogP contribution in [-0.4, -0.2) is 74.2 Å². The van der Waals surface area contributed by atoms with Crippen LogP contribution in [0.15, 0.2) is 25.3 Å². The first kappa shape index (κ1) is 26.3. The maximum Gasteiger partial charge on any atom is 0.534 e. The number of imidazole rings is 2. The third-order valence-electron chi connectivity index (χ3n) is 4.46. The van der Waals surface area contributed by atoms with Crippen molar-refractivity contribution >= 4 is 50.0 Å². The molecule has 0 bridgehead atoms. The first-order valence-corrected chi connectivity index (χ1v) is 12.8. The first-order valence-electron chi connectivity index (χ1n) is 10.0. The molecule has 4 aromatic heterocycles. The molecule has 0 spiro atoms. The van der Waals surface area contributed by atoms with Crippen LogP contribution >= 0.6 is 16.1 Å². The van der Waals surface area contributed by atoms with Gasteiger partial charge in [0.1, 0.15) is 23.7 Å². The third kappa shape index (κ3) is 7.36. The molecule has 4 heterocycles. The number of aromatic nitrogens is 8. The summed E-state index contributed by atoms with van der Waals surface area (Å²) in [5.41, 5.74) is 13.6. The summed E-state index contributed by atoms with van der Waals surface area (Å²) < 4.78 is 34.6. The van der Waals surface area contributed by atoms with E-state index in [9.17, 15) is 9.13 Å². The summed E-state index contributed by atoms with van der Waals surface area (Å²) >= 11 is 0. The molecule has 16 nitrogen and oxygen atoms in total. The molecule has 0 aliphatic carbocycles. The summed E-state index contributed by atoms with van der Waals surface area (Å²) in [5.74, 6) is 0.652. The van der Waals surface area contributed by atoms with E-state index in [0.29, 0.717) is 53.7 Å². The van der Waals surface area contributed by atoms with Crippen molar-refractivity contribution in [3.63, 3.8) is 0 Å². The van der Waals surface area contributed by atoms with E-state index in [1.54, 1.807) is 28.7 Å². The molecule has 0 amide bonds. The molecule has 4 rings (SSSR count). The zero-order chi connectivity index (χ0) is 25.4. The SMILES string of the molecule is C[C@H](Cn1cnc2c(N)ncnc21)OC[P+](=O)O.Nc1ncnc2c1ncn2CCOC[P+](=O)O. The van der Waals surface area contributed by atoms with Gasteiger partial charge in [-0.15, -0.1) is 0 Å². The number of nitrogen functional groups attached to an aromatic ring is 2. The quantitative estimate of drug-likeness (QED) is 0.164. The van der Waals surface area contributed by atoms with E-state index in [1.165, 1.54) is 12.7 Å². The van der Waals surface area contributed by atoms with Crippen LogP contribution in [0.5, 0.6) is 0 Å². The summed E-state index contributed by atoms with van der Waals surface area (Å²) in [7, 11) is -4.53. The number of rotatable bonds is 10. The van der Waals surface area contributed by atoms with Crippen LogP contribution < -0.4 is 11.5 Å². The van der Waals surface area contributed by atoms with Crippen molar-refractivity contribution in [1.82, 2.24) is 39.0 Å². The van der Waals surface area contributed by atoms with Crippen molar-refractivity contribution in [3.05, 3.63) is 25.3 Å². The largest absolute Gasteiger partial charge is 0.534 e. The Balaban J connectivity index is 0.000000196. The lowest BCUT2D eigenvalue weighted by atomic mass is 10.4. The number of hydrogen-bond acceptors (Lipinski definition) is 12. The molecule has 18 heteroatoms. The van der Waals surface area contributed by atoms with Crippen LogP contribution in [0.4, 0.5) is 11.6 Å². The van der Waals surface area contributed by atoms with E-state index in [0.717, 1.165) is 0 Å². The lowest BCUT2D eigenvalue weighted by Gasteiger charge is -2.10. The van der Waals surface area contributed by atoms with Gasteiger partial charge in [0.15, 0.2) is 22.9 Å². The van der Waals surface area contributed by atoms with Crippen LogP contribution in [0, 0.1) is 0 Å². The Labute approximate surface area is 200 Å². The first-order chi connectivity index (χ1) is 16.8. The average molecular weight is 526 g/mol. The van der Waals surface area contributed by atoms with Crippen molar-refractivity contribution in [1.29, 1.82) is 0 Å². The van der Waals surface area contributed by atoms with Gasteiger partial charge in [0.25, 0.3) is 12.7 Å². The highest BCUT2D eigenvalue weighted by molar-refractivity contribution is 7.37. The lowest BCUT2D eigenvalue weighted by molar-refractivity contribution is 0.0847. The van der Waals surface area contributed by atoms with Crippen molar-refractivity contribution in [3.8, 4) is 0 Å². The van der Waals surface area contributed by atoms with E-state index in [-0.39, 0.29) is 18.8 Å². The van der Waals surface area contributed by atoms with Gasteiger partial charge >= 0.3 is 16.1 Å². The summed E-state index contributed by atoms with van der Waals surface area (Å²) in [4.78, 5) is 41.2. The van der Waals surface area contributed by atoms with Gasteiger partial charge in [-0.2, -0.15) is 9.79 Å². The van der Waals surface area contributed by atoms with Gasteiger partial charge in [-0.1, -0.05) is 0 Å². The van der Waals surface area contributed by atoms with Crippen molar-refractivity contribution < 1.29 is 28.4 Å². The fraction of sp³-hybridized carbons (Fsp3) is 0.412. The molecular formula is C17H24N10O6P2+2. The second kappa shape index (κ2) is 12.4. The fourth-order valence-corrected chi connectivity index (χ4v) is 3.59. The molecule has 3 atom stereocenters. The summed E-state index contributed by atoms with van der Waals surface area (Å²) in [6.45, 7) is 3.05. The van der Waals surface area contributed by atoms with E-state index < -0.39 is 16.1 Å². The molecule has 0 aromatic carbocycles. The number of fused-ring (bicyclic) bond motifs is 2. The second-order valence-electron chi connectivity index (χ2n) is 7.05. The highest BCUT2D eigenvalue weighted by Gasteiger charge is 2.16. The van der Waals surface area contributed by atoms with Crippen LogP contribution in [-0.2, 0) is 31.7 Å². The van der Waals surface area contributed by atoms with Crippen molar-refractivity contribution in [2.45, 2.75) is 26.1 Å². The predicted octanol–water partition coefficient (Wildman–Crippen LogP) is 0.623. The van der Waals surface area contributed by atoms with Gasteiger partial charge in [-0.05, 0) is 16.1 Å². The third-order valence-corrected chi connectivity index (χ3v) is 5.23. The number of nitrogens with two attached hydrogens (primary N) is 2. The highest BCUT2D eigenvalue weighted by Crippen LogP contribution is 2.17. The van der Waals surface area contributed by atoms with E-state index >= 15 is 0 Å². The fourth-order valence-electron chi connectivity index (χ4n) is 2.92. The molecule has 0 aliphatic rings. The number of hydrogen-bond donors (Lipinski definition) is 4. The van der Waals surface area contributed by atoms with Crippen LogP contribution in [0.2, 0.25) is 0 Å². The molecule has 0 radical (unpaired) electrons. The minimum absolute atomic E-state index is 0.168. The Hall–Kier alpha value is -3.26. The van der Waals surface area contributed by atoms with Gasteiger partial charge in [0.05, 0.1) is 31.9 Å². The number of nitrogens with zero attached hydrogens (tertiary/aromatic N) is 8. The smallest absolute Gasteiger partial charge is 0.382 e. The van der Waals surface area contributed by atoms with Crippen LogP contribution in [0.25, 0.3) is 22.3 Å². The number of anilines is 2. The van der Waals surface area contributed by atoms with Crippen LogP contribution in [0.3, 0.4) is 0 Å². The summed E-state index contributed by atoms with van der Waals surface area (Å²) in [6.07, 6.45) is 5.32. The Morgan fingerprint density at radius 1 is 0.886 bits per heavy atom. The normalized spacial score (nSPS) is 12.9. The molecule has 186 valence electrons. The van der Waals surface area contributed by atoms with E-state index in [2.05, 4.69) is 29.9 Å². The van der Waals surface area contributed by atoms with E-state index in [4.69, 9.17) is 30.7 Å². The molecule has 6 N–H and O–H groups in total. The second-order valence-corrected chi connectivity index (χ2v) is 8.97. The molecule has 0 saturated heterocycles. The molecule has 0 aliphatic heterocycles. The monoisotopic (exact) mass is 526 g/mol. The predicted molar refractivity (Wildman–Crippen MR) is 125 cm³/mol. The lowest BCUT2D eigenvalue weighted by Crippen LogP contribution is -2.16. The standard InChI is InChI=1S/C9H12N5O3P.C8H10N5O3P/c1-6(17-5-18(15)16)2-14-4-13-7-8(10)11-3-12-9(7)14;9-7-6-8(11-3-10-7)13(4-12-6)1-2-16-5-17(14)15/h3-4,6H,2,5H2,1H3,(H2-,10,11,12,15,16);3-4H,1-2,5H2,(H2-,9,10,11,14,15)/p+2/t6-;/m1./s1. The molecule has 0 saturated carbocycles. The van der Waals surface area contributed by atoms with Gasteiger partial charge < -0.3 is 30.1 Å². The van der Waals surface area contributed by atoms with Gasteiger partial charge in [0.2, 0.25) is 0 Å². The molecule has 35 heavy (non-hydrogen) atoms. The van der Waals surface area contributed by atoms with Gasteiger partial charge in [-0.3, -0.25) is 0 Å². The molecule has 0 fully saturated rings. The Morgan fingerprint density at radius 2 is 1.43 bits per heavy atom. The minimum Gasteiger partial charge on any atom is -0.382 e. The maximum absolute atomic E-state index is 10.5. The molecular weight excluding hydrogens is 502 g/mol. The van der Waals surface area contributed by atoms with Gasteiger partial charge in [0, 0.05) is 6.54 Å². The maximum atomic E-state index is 10.5. The zero-order valence-corrected chi connectivity index (χ0v) is 20.4. The Morgan fingerprint density at radius 3 is 2.00 bits per heavy atom. The number of ether oxygens (including phenoxy) is 2. The zero-order valence-electron chi connectivity index (χ0n) is 18.6. The molecule has 4 aromatic rings. The average Bonchev–Trinajstić information content (AvgIpc) is 3.42. The molecule has 2 unspecified atom stereocenters. The minimum atomic E-state index is -2.28. The summed E-state index contributed by atoms with van der Waals surface area (Å²) in [5, 5.41) is 0. The summed E-state index contributed by atoms with van der Waals surface area (Å²) in [6, 6.07) is 0. The van der Waals surface area contributed by atoms with Crippen molar-refractivity contribution in [2.75, 3.05) is 30.8 Å². The topological polar surface area (TPSA) is 232 Å². The van der Waals surface area contributed by atoms with E-state index in [1.807, 2.05) is 0 Å². The van der Waals surface area contributed by atoms with Crippen molar-refractivity contribution in [2.24, 2.45) is 0 Å².